The SMILES string of the molecule is CC(C)N1CCC(Oc2ccc(-c3ccnc(Nc4ccc(N5CCOC5)cc4)n3)cc2C#N)CC1. The molecular formula is C28H32N6O2. The van der Waals surface area contributed by atoms with E-state index in [2.05, 4.69) is 57.1 Å². The fourth-order valence-corrected chi connectivity index (χ4v) is 4.65. The number of anilines is 3. The van der Waals surface area contributed by atoms with Gasteiger partial charge in [-0.1, -0.05) is 0 Å². The van der Waals surface area contributed by atoms with Gasteiger partial charge < -0.3 is 24.6 Å². The van der Waals surface area contributed by atoms with E-state index < -0.39 is 0 Å². The molecule has 3 heterocycles. The molecule has 0 saturated carbocycles. The van der Waals surface area contributed by atoms with Gasteiger partial charge in [-0.15, -0.1) is 0 Å². The summed E-state index contributed by atoms with van der Waals surface area (Å²) >= 11 is 0. The van der Waals surface area contributed by atoms with Crippen molar-refractivity contribution in [1.82, 2.24) is 14.9 Å². The molecule has 0 unspecified atom stereocenters. The fraction of sp³-hybridized carbons (Fsp3) is 0.393. The Hall–Kier alpha value is -3.67. The number of piperidine rings is 1. The van der Waals surface area contributed by atoms with E-state index in [9.17, 15) is 5.26 Å². The number of ether oxygens (including phenoxy) is 2. The van der Waals surface area contributed by atoms with Crippen LogP contribution < -0.4 is 15.0 Å². The lowest BCUT2D eigenvalue weighted by molar-refractivity contribution is 0.0841. The highest BCUT2D eigenvalue weighted by Gasteiger charge is 2.23. The van der Waals surface area contributed by atoms with Crippen molar-refractivity contribution in [1.29, 1.82) is 5.26 Å². The summed E-state index contributed by atoms with van der Waals surface area (Å²) in [6.07, 6.45) is 3.80. The van der Waals surface area contributed by atoms with Gasteiger partial charge in [-0.3, -0.25) is 0 Å². The summed E-state index contributed by atoms with van der Waals surface area (Å²) < 4.78 is 11.7. The third-order valence-electron chi connectivity index (χ3n) is 6.79. The summed E-state index contributed by atoms with van der Waals surface area (Å²) in [6.45, 7) is 8.79. The molecule has 8 heteroatoms. The quantitative estimate of drug-likeness (QED) is 0.512. The normalized spacial score (nSPS) is 16.8. The van der Waals surface area contributed by atoms with Crippen molar-refractivity contribution in [2.24, 2.45) is 0 Å². The number of hydrogen-bond donors (Lipinski definition) is 1. The number of benzene rings is 2. The van der Waals surface area contributed by atoms with Crippen LogP contribution in [-0.4, -0.2) is 60.0 Å². The van der Waals surface area contributed by atoms with Crippen molar-refractivity contribution in [2.45, 2.75) is 38.8 Å². The van der Waals surface area contributed by atoms with Gasteiger partial charge in [0.1, 0.15) is 24.7 Å². The van der Waals surface area contributed by atoms with Crippen molar-refractivity contribution < 1.29 is 9.47 Å². The van der Waals surface area contributed by atoms with Crippen LogP contribution >= 0.6 is 0 Å². The zero-order valence-electron chi connectivity index (χ0n) is 20.9. The molecule has 1 N–H and O–H groups in total. The van der Waals surface area contributed by atoms with Gasteiger partial charge in [0.05, 0.1) is 17.9 Å². The van der Waals surface area contributed by atoms with Gasteiger partial charge in [-0.05, 0) is 75.2 Å². The first-order valence-electron chi connectivity index (χ1n) is 12.6. The van der Waals surface area contributed by atoms with E-state index in [0.29, 0.717) is 30.0 Å². The number of nitriles is 1. The van der Waals surface area contributed by atoms with Crippen molar-refractivity contribution in [3.05, 3.63) is 60.3 Å². The van der Waals surface area contributed by atoms with E-state index >= 15 is 0 Å². The van der Waals surface area contributed by atoms with Crippen molar-refractivity contribution in [2.75, 3.05) is 43.2 Å². The Balaban J connectivity index is 1.26. The molecule has 2 saturated heterocycles. The van der Waals surface area contributed by atoms with Crippen LogP contribution in [0.1, 0.15) is 32.3 Å². The smallest absolute Gasteiger partial charge is 0.227 e. The molecule has 1 aromatic heterocycles. The highest BCUT2D eigenvalue weighted by molar-refractivity contribution is 5.66. The van der Waals surface area contributed by atoms with E-state index in [1.807, 2.05) is 36.4 Å². The molecule has 0 atom stereocenters. The highest BCUT2D eigenvalue weighted by Crippen LogP contribution is 2.29. The number of aromatic nitrogens is 2. The molecule has 0 amide bonds. The molecular weight excluding hydrogens is 452 g/mol. The minimum Gasteiger partial charge on any atom is -0.489 e. The van der Waals surface area contributed by atoms with E-state index in [4.69, 9.17) is 9.47 Å². The van der Waals surface area contributed by atoms with Crippen molar-refractivity contribution in [3.63, 3.8) is 0 Å². The molecule has 186 valence electrons. The van der Waals surface area contributed by atoms with Gasteiger partial charge in [0, 0.05) is 48.8 Å². The number of nitrogens with one attached hydrogen (secondary N) is 1. The molecule has 0 bridgehead atoms. The van der Waals surface area contributed by atoms with Gasteiger partial charge in [0.2, 0.25) is 5.95 Å². The maximum atomic E-state index is 9.79. The minimum absolute atomic E-state index is 0.136. The molecule has 5 rings (SSSR count). The lowest BCUT2D eigenvalue weighted by Crippen LogP contribution is -2.41. The van der Waals surface area contributed by atoms with Gasteiger partial charge >= 0.3 is 0 Å². The predicted molar refractivity (Wildman–Crippen MR) is 140 cm³/mol. The molecule has 0 aliphatic carbocycles. The predicted octanol–water partition coefficient (Wildman–Crippen LogP) is 4.80. The molecule has 36 heavy (non-hydrogen) atoms. The zero-order valence-corrected chi connectivity index (χ0v) is 20.9. The summed E-state index contributed by atoms with van der Waals surface area (Å²) in [4.78, 5) is 13.7. The van der Waals surface area contributed by atoms with E-state index in [1.54, 1.807) is 6.20 Å². The monoisotopic (exact) mass is 484 g/mol. The minimum atomic E-state index is 0.136. The van der Waals surface area contributed by atoms with E-state index in [0.717, 1.165) is 61.7 Å². The highest BCUT2D eigenvalue weighted by atomic mass is 16.5. The Kier molecular flexibility index (Phi) is 7.31. The Morgan fingerprint density at radius 2 is 1.89 bits per heavy atom. The summed E-state index contributed by atoms with van der Waals surface area (Å²) in [6, 6.07) is 18.5. The molecule has 3 aromatic rings. The van der Waals surface area contributed by atoms with Crippen LogP contribution in [0.25, 0.3) is 11.3 Å². The fourth-order valence-electron chi connectivity index (χ4n) is 4.65. The second-order valence-electron chi connectivity index (χ2n) is 9.51. The maximum absolute atomic E-state index is 9.79. The van der Waals surface area contributed by atoms with Crippen LogP contribution in [0, 0.1) is 11.3 Å². The second kappa shape index (κ2) is 10.9. The first-order valence-corrected chi connectivity index (χ1v) is 12.6. The lowest BCUT2D eigenvalue weighted by atomic mass is 10.0. The van der Waals surface area contributed by atoms with Crippen molar-refractivity contribution in [3.8, 4) is 23.1 Å². The summed E-state index contributed by atoms with van der Waals surface area (Å²) in [5, 5.41) is 13.1. The van der Waals surface area contributed by atoms with Crippen LogP contribution in [0.5, 0.6) is 5.75 Å². The van der Waals surface area contributed by atoms with Gasteiger partial charge in [-0.2, -0.15) is 5.26 Å². The molecule has 2 aliphatic heterocycles. The van der Waals surface area contributed by atoms with E-state index in [-0.39, 0.29) is 6.10 Å². The molecule has 0 spiro atoms. The van der Waals surface area contributed by atoms with Crippen molar-refractivity contribution >= 4 is 17.3 Å². The third-order valence-corrected chi connectivity index (χ3v) is 6.79. The van der Waals surface area contributed by atoms with Gasteiger partial charge in [-0.25, -0.2) is 9.97 Å². The topological polar surface area (TPSA) is 86.5 Å². The average Bonchev–Trinajstić information content (AvgIpc) is 3.45. The summed E-state index contributed by atoms with van der Waals surface area (Å²) in [5.41, 5.74) is 4.15. The molecule has 0 radical (unpaired) electrons. The molecule has 2 aliphatic rings. The van der Waals surface area contributed by atoms with Crippen LogP contribution in [0.3, 0.4) is 0 Å². The summed E-state index contributed by atoms with van der Waals surface area (Å²) in [5.74, 6) is 1.14. The zero-order chi connectivity index (χ0) is 24.9. The molecule has 2 fully saturated rings. The number of likely N-dealkylation sites (tertiary alicyclic amines) is 1. The average molecular weight is 485 g/mol. The van der Waals surface area contributed by atoms with Crippen LogP contribution in [0.2, 0.25) is 0 Å². The Morgan fingerprint density at radius 3 is 2.58 bits per heavy atom. The van der Waals surface area contributed by atoms with Gasteiger partial charge in [0.25, 0.3) is 0 Å². The van der Waals surface area contributed by atoms with Crippen LogP contribution in [-0.2, 0) is 4.74 Å². The second-order valence-corrected chi connectivity index (χ2v) is 9.51. The largest absolute Gasteiger partial charge is 0.489 e. The Morgan fingerprint density at radius 1 is 1.08 bits per heavy atom. The van der Waals surface area contributed by atoms with Crippen LogP contribution in [0.15, 0.2) is 54.7 Å². The third kappa shape index (κ3) is 5.59. The number of rotatable bonds is 7. The van der Waals surface area contributed by atoms with E-state index in [1.165, 1.54) is 0 Å². The summed E-state index contributed by atoms with van der Waals surface area (Å²) in [7, 11) is 0. The first-order chi connectivity index (χ1) is 17.6. The standard InChI is InChI=1S/C28H32N6O2/c1-20(2)33-13-10-25(11-14-33)36-27-8-3-21(17-22(27)18-29)26-9-12-30-28(32-26)31-23-4-6-24(7-5-23)34-15-16-35-19-34/h3-9,12,17,20,25H,10-11,13-16,19H2,1-2H3,(H,30,31,32). The maximum Gasteiger partial charge on any atom is 0.227 e. The first kappa shape index (κ1) is 24.0. The number of hydrogen-bond acceptors (Lipinski definition) is 8. The molecule has 8 nitrogen and oxygen atoms in total. The molecule has 2 aromatic carbocycles. The Labute approximate surface area is 212 Å². The van der Waals surface area contributed by atoms with Gasteiger partial charge in [0.15, 0.2) is 0 Å². The van der Waals surface area contributed by atoms with Crippen LogP contribution in [0.4, 0.5) is 17.3 Å². The Bertz CT molecular complexity index is 1210. The number of nitrogens with zero attached hydrogens (tertiary/aromatic N) is 5. The lowest BCUT2D eigenvalue weighted by Gasteiger charge is -2.34.